The van der Waals surface area contributed by atoms with E-state index >= 15 is 0 Å². The van der Waals surface area contributed by atoms with Gasteiger partial charge in [-0.15, -0.1) is 0 Å². The molecule has 6 aliphatic carbocycles. The van der Waals surface area contributed by atoms with Gasteiger partial charge < -0.3 is 9.80 Å². The van der Waals surface area contributed by atoms with Gasteiger partial charge in [0.05, 0.1) is 17.0 Å². The molecule has 0 spiro atoms. The van der Waals surface area contributed by atoms with Crippen molar-refractivity contribution >= 4 is 37.0 Å². The van der Waals surface area contributed by atoms with Gasteiger partial charge in [-0.25, -0.2) is 0 Å². The number of hydrogen-bond acceptors (Lipinski definition) is 2. The summed E-state index contributed by atoms with van der Waals surface area (Å²) in [4.78, 5) is 5.00. The Balaban J connectivity index is 0.000000137. The van der Waals surface area contributed by atoms with Gasteiger partial charge in [0, 0.05) is 21.0 Å². The average Bonchev–Trinajstić information content (AvgIpc) is 3.88. The predicted molar refractivity (Wildman–Crippen MR) is 263 cm³/mol. The van der Waals surface area contributed by atoms with Gasteiger partial charge in [-0.2, -0.15) is 6.67 Å². The van der Waals surface area contributed by atoms with Crippen molar-refractivity contribution in [2.45, 2.75) is 168 Å². The third-order valence-electron chi connectivity index (χ3n) is 14.6. The molecule has 1 aliphatic heterocycles. The van der Waals surface area contributed by atoms with Crippen LogP contribution in [0.1, 0.15) is 167 Å². The second kappa shape index (κ2) is 22.2. The molecular formula is C54H75Cl2N2PRu. The molecule has 7 aliphatic rings. The third kappa shape index (κ3) is 11.5. The van der Waals surface area contributed by atoms with Crippen LogP contribution in [-0.4, -0.2) is 44.0 Å². The quantitative estimate of drug-likeness (QED) is 0.162. The van der Waals surface area contributed by atoms with Crippen molar-refractivity contribution in [3.05, 3.63) is 130 Å². The van der Waals surface area contributed by atoms with Crippen molar-refractivity contribution in [3.8, 4) is 0 Å². The molecule has 3 saturated carbocycles. The van der Waals surface area contributed by atoms with Gasteiger partial charge in [-0.3, -0.25) is 0 Å². The van der Waals surface area contributed by atoms with E-state index in [2.05, 4.69) is 107 Å². The summed E-state index contributed by atoms with van der Waals surface area (Å²) in [7, 11) is 12.3. The Kier molecular flexibility index (Phi) is 17.1. The van der Waals surface area contributed by atoms with Gasteiger partial charge >= 0.3 is 120 Å². The van der Waals surface area contributed by atoms with Crippen LogP contribution in [0, 0.1) is 18.5 Å². The fourth-order valence-corrected chi connectivity index (χ4v) is 20.0. The summed E-state index contributed by atoms with van der Waals surface area (Å²) in [6.45, 7) is 18.4. The first-order valence-electron chi connectivity index (χ1n) is 23.8. The number of allylic oxidation sites excluding steroid dienone is 9. The average molecular weight is 955 g/mol. The first-order chi connectivity index (χ1) is 29.1. The summed E-state index contributed by atoms with van der Waals surface area (Å²) >= 11 is -1.88. The Morgan fingerprint density at radius 1 is 0.550 bits per heavy atom. The number of hydrogen-bond donors (Lipinski definition) is 0. The van der Waals surface area contributed by atoms with E-state index in [4.69, 9.17) is 19.4 Å². The SMILES string of the molecule is C1CCC([PH+](C2CCCCC2)C2CCCCC2)CC1.CC1=CC(C)=C(N2[CH-]N(C3=C(C)C=C(C)C[C@@H]3C)CC2)[C@H](C)C1.[Cl][Ru]([Cl])=[C]1C=C(c2ccccc2)c2ccccc21. The molecule has 60 heavy (non-hydrogen) atoms. The molecule has 0 unspecified atom stereocenters. The molecule has 2 aromatic carbocycles. The minimum atomic E-state index is -1.88. The van der Waals surface area contributed by atoms with E-state index in [1.54, 1.807) is 96.3 Å². The number of benzene rings is 2. The van der Waals surface area contributed by atoms with Crippen LogP contribution < -0.4 is 0 Å². The molecule has 6 heteroatoms. The number of rotatable bonds is 6. The van der Waals surface area contributed by atoms with E-state index in [0.717, 1.165) is 17.2 Å². The Morgan fingerprint density at radius 3 is 1.38 bits per heavy atom. The zero-order chi connectivity index (χ0) is 42.2. The maximum absolute atomic E-state index is 6.19. The summed E-state index contributed by atoms with van der Waals surface area (Å²) < 4.78 is 1.12. The van der Waals surface area contributed by atoms with Gasteiger partial charge in [0.25, 0.3) is 0 Å². The molecule has 2 nitrogen and oxygen atoms in total. The predicted octanol–water partition coefficient (Wildman–Crippen LogP) is 16.0. The van der Waals surface area contributed by atoms with Crippen LogP contribution in [0.25, 0.3) is 5.57 Å². The van der Waals surface area contributed by atoms with Crippen LogP contribution in [0.15, 0.2) is 107 Å². The first-order valence-corrected chi connectivity index (χ1v) is 30.9. The summed E-state index contributed by atoms with van der Waals surface area (Å²) in [6.07, 6.45) is 33.1. The van der Waals surface area contributed by atoms with Crippen LogP contribution in [0.5, 0.6) is 0 Å². The van der Waals surface area contributed by atoms with E-state index in [0.29, 0.717) is 11.8 Å². The van der Waals surface area contributed by atoms with Crippen LogP contribution in [0.4, 0.5) is 0 Å². The van der Waals surface area contributed by atoms with Crippen molar-refractivity contribution < 1.29 is 13.5 Å². The Morgan fingerprint density at radius 2 is 0.967 bits per heavy atom. The molecule has 328 valence electrons. The minimum absolute atomic E-state index is 0.0465. The molecule has 2 aromatic rings. The zero-order valence-electron chi connectivity index (χ0n) is 37.8. The van der Waals surface area contributed by atoms with Gasteiger partial charge in [0.1, 0.15) is 0 Å². The molecule has 0 aromatic heterocycles. The van der Waals surface area contributed by atoms with E-state index in [1.165, 1.54) is 85.8 Å². The topological polar surface area (TPSA) is 6.48 Å². The van der Waals surface area contributed by atoms with Crippen molar-refractivity contribution in [1.82, 2.24) is 9.80 Å². The van der Waals surface area contributed by atoms with Gasteiger partial charge in [-0.1, -0.05) is 56.4 Å². The molecule has 0 amide bonds. The molecule has 0 bridgehead atoms. The number of fused-ring (bicyclic) bond motifs is 1. The van der Waals surface area contributed by atoms with E-state index in [1.807, 2.05) is 24.3 Å². The fraction of sp³-hybridized carbons (Fsp3) is 0.556. The molecule has 4 fully saturated rings. The van der Waals surface area contributed by atoms with Crippen LogP contribution in [-0.2, 0) is 13.5 Å². The summed E-state index contributed by atoms with van der Waals surface area (Å²) in [6, 6.07) is 18.7. The molecule has 2 atom stereocenters. The Hall–Kier alpha value is -1.76. The normalized spacial score (nSPS) is 24.6. The molecule has 1 saturated heterocycles. The molecule has 0 N–H and O–H groups in total. The number of nitrogens with zero attached hydrogens (tertiary/aromatic N) is 2. The second-order valence-electron chi connectivity index (χ2n) is 19.3. The van der Waals surface area contributed by atoms with E-state index < -0.39 is 13.5 Å². The van der Waals surface area contributed by atoms with Gasteiger partial charge in [-0.05, 0) is 152 Å². The molecular weight excluding hydrogens is 880 g/mol. The third-order valence-corrected chi connectivity index (χ3v) is 22.3. The number of halogens is 2. The zero-order valence-corrected chi connectivity index (χ0v) is 42.1. The van der Waals surface area contributed by atoms with Crippen LogP contribution >= 0.6 is 27.3 Å². The monoisotopic (exact) mass is 954 g/mol. The van der Waals surface area contributed by atoms with Crippen LogP contribution in [0.2, 0.25) is 0 Å². The van der Waals surface area contributed by atoms with Crippen molar-refractivity contribution in [2.24, 2.45) is 11.8 Å². The first kappa shape index (κ1) is 46.2. The van der Waals surface area contributed by atoms with Gasteiger partial charge in [0.2, 0.25) is 0 Å². The standard InChI is InChI=1S/C21H31N2.C18H33P.C15H10.2ClH.Ru/c1-14-9-16(3)20(17(4)10-14)22-7-8-23(13-22)21-18(5)11-15(2)12-19(21)6;1-4-10-16(11-5-1)19(17-12-6-2-7-13-17)18-14-8-3-9-15-18;1-2-6-12(7-3-1)15-11-10-13-8-4-5-9-14(13)15;;;/h9,11,13,17,19H,7-8,10,12H2,1-6H3;16-18H,1-15H2;1-9,11H;2*1H;/q-1;;;;;+2/p-1/t17-,19+;;;;;. The summed E-state index contributed by atoms with van der Waals surface area (Å²) in [5.74, 6) is 1.24. The molecule has 1 heterocycles. The van der Waals surface area contributed by atoms with Crippen molar-refractivity contribution in [1.29, 1.82) is 0 Å². The second-order valence-corrected chi connectivity index (χ2v) is 28.6. The molecule has 9 rings (SSSR count). The van der Waals surface area contributed by atoms with Crippen molar-refractivity contribution in [3.63, 3.8) is 0 Å². The van der Waals surface area contributed by atoms with Gasteiger partial charge in [0.15, 0.2) is 0 Å². The molecule has 0 radical (unpaired) electrons. The van der Waals surface area contributed by atoms with Crippen molar-refractivity contribution in [2.75, 3.05) is 13.1 Å². The van der Waals surface area contributed by atoms with Crippen LogP contribution in [0.3, 0.4) is 0 Å². The summed E-state index contributed by atoms with van der Waals surface area (Å²) in [5, 5.41) is 0. The van der Waals surface area contributed by atoms with E-state index in [-0.39, 0.29) is 7.92 Å². The van der Waals surface area contributed by atoms with E-state index in [9.17, 15) is 0 Å². The maximum atomic E-state index is 6.19. The Bertz CT molecular complexity index is 1860. The summed E-state index contributed by atoms with van der Waals surface area (Å²) in [5.41, 5.74) is 17.5. The Labute approximate surface area is 380 Å². The fourth-order valence-electron chi connectivity index (χ4n) is 12.3.